The van der Waals surface area contributed by atoms with Gasteiger partial charge in [-0.25, -0.2) is 0 Å². The SMILES string of the molecule is O=C(CCn1ccc2c(Cl)cccc21)N1CC[C@]2(O)CCCC[C@H]2C1. The van der Waals surface area contributed by atoms with Crippen molar-refractivity contribution in [2.45, 2.75) is 50.7 Å². The Morgan fingerprint density at radius 3 is 3.04 bits per heavy atom. The lowest BCUT2D eigenvalue weighted by Crippen LogP contribution is -2.54. The molecular weight excluding hydrogens is 336 g/mol. The third kappa shape index (κ3) is 3.18. The average molecular weight is 361 g/mol. The number of carbonyl (C=O) groups excluding carboxylic acids is 1. The molecule has 1 saturated carbocycles. The summed E-state index contributed by atoms with van der Waals surface area (Å²) in [6.07, 6.45) is 7.44. The van der Waals surface area contributed by atoms with Crippen LogP contribution in [-0.4, -0.2) is 39.2 Å². The van der Waals surface area contributed by atoms with Gasteiger partial charge in [-0.05, 0) is 37.5 Å². The van der Waals surface area contributed by atoms with E-state index in [1.165, 1.54) is 6.42 Å². The zero-order valence-electron chi connectivity index (χ0n) is 14.5. The minimum atomic E-state index is -0.525. The molecule has 4 rings (SSSR count). The zero-order valence-corrected chi connectivity index (χ0v) is 15.2. The van der Waals surface area contributed by atoms with Crippen molar-refractivity contribution in [2.75, 3.05) is 13.1 Å². The standard InChI is InChI=1S/C20H25ClN2O2/c21-17-5-3-6-18-16(17)7-11-22(18)12-8-19(24)23-13-10-20(25)9-2-1-4-15(20)14-23/h3,5-7,11,15,25H,1-2,4,8-10,12-14H2/t15-,20+/m0/s1. The van der Waals surface area contributed by atoms with E-state index in [0.29, 0.717) is 26.1 Å². The first-order valence-corrected chi connectivity index (χ1v) is 9.68. The van der Waals surface area contributed by atoms with Crippen LogP contribution in [0.15, 0.2) is 30.5 Å². The molecule has 1 aromatic heterocycles. The fraction of sp³-hybridized carbons (Fsp3) is 0.550. The number of aryl methyl sites for hydroxylation is 1. The fourth-order valence-electron chi connectivity index (χ4n) is 4.55. The second-order valence-electron chi connectivity index (χ2n) is 7.57. The summed E-state index contributed by atoms with van der Waals surface area (Å²) in [4.78, 5) is 14.6. The number of halogens is 1. The molecule has 1 aromatic carbocycles. The summed E-state index contributed by atoms with van der Waals surface area (Å²) in [5.74, 6) is 0.446. The van der Waals surface area contributed by atoms with E-state index in [0.717, 1.165) is 41.6 Å². The molecule has 5 heteroatoms. The zero-order chi connectivity index (χ0) is 17.4. The number of fused-ring (bicyclic) bond motifs is 2. The summed E-state index contributed by atoms with van der Waals surface area (Å²) >= 11 is 6.22. The van der Waals surface area contributed by atoms with E-state index in [9.17, 15) is 9.90 Å². The first-order valence-electron chi connectivity index (χ1n) is 9.30. The molecule has 2 atom stereocenters. The minimum absolute atomic E-state index is 0.191. The van der Waals surface area contributed by atoms with Crippen molar-refractivity contribution in [1.82, 2.24) is 9.47 Å². The molecule has 0 spiro atoms. The highest BCUT2D eigenvalue weighted by Crippen LogP contribution is 2.39. The summed E-state index contributed by atoms with van der Waals surface area (Å²) in [5, 5.41) is 12.5. The number of piperidine rings is 1. The van der Waals surface area contributed by atoms with Gasteiger partial charge in [0.05, 0.1) is 5.60 Å². The Kier molecular flexibility index (Phi) is 4.50. The van der Waals surface area contributed by atoms with Crippen molar-refractivity contribution < 1.29 is 9.90 Å². The number of hydrogen-bond acceptors (Lipinski definition) is 2. The van der Waals surface area contributed by atoms with E-state index in [1.807, 2.05) is 35.4 Å². The molecule has 0 unspecified atom stereocenters. The van der Waals surface area contributed by atoms with Gasteiger partial charge in [-0.2, -0.15) is 0 Å². The maximum Gasteiger partial charge on any atom is 0.224 e. The van der Waals surface area contributed by atoms with Crippen molar-refractivity contribution >= 4 is 28.4 Å². The van der Waals surface area contributed by atoms with Crippen LogP contribution >= 0.6 is 11.6 Å². The number of benzene rings is 1. The molecule has 1 aliphatic heterocycles. The number of aromatic nitrogens is 1. The normalized spacial score (nSPS) is 26.6. The number of aliphatic hydroxyl groups is 1. The maximum atomic E-state index is 12.7. The van der Waals surface area contributed by atoms with Crippen molar-refractivity contribution in [3.8, 4) is 0 Å². The molecule has 2 heterocycles. The maximum absolute atomic E-state index is 12.7. The smallest absolute Gasteiger partial charge is 0.224 e. The van der Waals surface area contributed by atoms with Crippen LogP contribution in [0.25, 0.3) is 10.9 Å². The van der Waals surface area contributed by atoms with Gasteiger partial charge in [-0.1, -0.05) is 30.5 Å². The first-order chi connectivity index (χ1) is 12.1. The molecule has 2 aromatic rings. The van der Waals surface area contributed by atoms with Crippen LogP contribution in [0.3, 0.4) is 0 Å². The quantitative estimate of drug-likeness (QED) is 0.903. The van der Waals surface area contributed by atoms with Gasteiger partial charge < -0.3 is 14.6 Å². The molecule has 0 radical (unpaired) electrons. The summed E-state index contributed by atoms with van der Waals surface area (Å²) in [6, 6.07) is 7.87. The molecule has 1 N–H and O–H groups in total. The number of nitrogens with zero attached hydrogens (tertiary/aromatic N) is 2. The Morgan fingerprint density at radius 2 is 2.16 bits per heavy atom. The molecule has 0 bridgehead atoms. The minimum Gasteiger partial charge on any atom is -0.389 e. The fourth-order valence-corrected chi connectivity index (χ4v) is 4.79. The first kappa shape index (κ1) is 16.9. The Morgan fingerprint density at radius 1 is 1.28 bits per heavy atom. The second kappa shape index (κ2) is 6.65. The van der Waals surface area contributed by atoms with Gasteiger partial charge in [0, 0.05) is 54.1 Å². The third-order valence-corrected chi connectivity index (χ3v) is 6.44. The Bertz CT molecular complexity index is 787. The number of amides is 1. The molecule has 2 aliphatic rings. The predicted molar refractivity (Wildman–Crippen MR) is 99.7 cm³/mol. The van der Waals surface area contributed by atoms with E-state index in [4.69, 9.17) is 11.6 Å². The molecule has 1 saturated heterocycles. The van der Waals surface area contributed by atoms with Crippen molar-refractivity contribution in [3.05, 3.63) is 35.5 Å². The molecule has 134 valence electrons. The summed E-state index contributed by atoms with van der Waals surface area (Å²) < 4.78 is 2.10. The molecule has 1 aliphatic carbocycles. The van der Waals surface area contributed by atoms with Gasteiger partial charge >= 0.3 is 0 Å². The van der Waals surface area contributed by atoms with Crippen molar-refractivity contribution in [3.63, 3.8) is 0 Å². The van der Waals surface area contributed by atoms with Crippen molar-refractivity contribution in [1.29, 1.82) is 0 Å². The highest BCUT2D eigenvalue weighted by Gasteiger charge is 2.43. The van der Waals surface area contributed by atoms with Crippen LogP contribution in [-0.2, 0) is 11.3 Å². The topological polar surface area (TPSA) is 45.5 Å². The van der Waals surface area contributed by atoms with Crippen LogP contribution in [0.1, 0.15) is 38.5 Å². The third-order valence-electron chi connectivity index (χ3n) is 6.11. The second-order valence-corrected chi connectivity index (χ2v) is 7.98. The van der Waals surface area contributed by atoms with Gasteiger partial charge in [0.1, 0.15) is 0 Å². The highest BCUT2D eigenvalue weighted by molar-refractivity contribution is 6.35. The summed E-state index contributed by atoms with van der Waals surface area (Å²) in [6.45, 7) is 2.06. The molecule has 25 heavy (non-hydrogen) atoms. The van der Waals surface area contributed by atoms with Crippen molar-refractivity contribution in [2.24, 2.45) is 5.92 Å². The van der Waals surface area contributed by atoms with E-state index in [2.05, 4.69) is 4.57 Å². The van der Waals surface area contributed by atoms with Crippen LogP contribution < -0.4 is 0 Å². The Hall–Kier alpha value is -1.52. The lowest BCUT2D eigenvalue weighted by atomic mass is 9.71. The Labute approximate surface area is 153 Å². The number of likely N-dealkylation sites (tertiary alicyclic amines) is 1. The van der Waals surface area contributed by atoms with Crippen LogP contribution in [0.2, 0.25) is 5.02 Å². The molecular formula is C20H25ClN2O2. The number of carbonyl (C=O) groups is 1. The summed E-state index contributed by atoms with van der Waals surface area (Å²) in [5.41, 5.74) is 0.545. The predicted octanol–water partition coefficient (Wildman–Crippen LogP) is 3.84. The monoisotopic (exact) mass is 360 g/mol. The van der Waals surface area contributed by atoms with Crippen LogP contribution in [0, 0.1) is 5.92 Å². The molecule has 1 amide bonds. The largest absolute Gasteiger partial charge is 0.389 e. The van der Waals surface area contributed by atoms with E-state index in [1.54, 1.807) is 0 Å². The lowest BCUT2D eigenvalue weighted by molar-refractivity contribution is -0.143. The Balaban J connectivity index is 1.40. The highest BCUT2D eigenvalue weighted by atomic mass is 35.5. The summed E-state index contributed by atoms with van der Waals surface area (Å²) in [7, 11) is 0. The van der Waals surface area contributed by atoms with Gasteiger partial charge in [-0.3, -0.25) is 4.79 Å². The number of rotatable bonds is 3. The van der Waals surface area contributed by atoms with Gasteiger partial charge in [0.25, 0.3) is 0 Å². The lowest BCUT2D eigenvalue weighted by Gasteiger charge is -2.47. The van der Waals surface area contributed by atoms with E-state index in [-0.39, 0.29) is 11.8 Å². The van der Waals surface area contributed by atoms with Gasteiger partial charge in [0.2, 0.25) is 5.91 Å². The van der Waals surface area contributed by atoms with E-state index >= 15 is 0 Å². The number of hydrogen-bond donors (Lipinski definition) is 1. The molecule has 2 fully saturated rings. The molecule has 4 nitrogen and oxygen atoms in total. The van der Waals surface area contributed by atoms with Crippen LogP contribution in [0.4, 0.5) is 0 Å². The van der Waals surface area contributed by atoms with Gasteiger partial charge in [-0.15, -0.1) is 0 Å². The average Bonchev–Trinajstić information content (AvgIpc) is 3.03. The van der Waals surface area contributed by atoms with Gasteiger partial charge in [0.15, 0.2) is 0 Å². The van der Waals surface area contributed by atoms with E-state index < -0.39 is 5.60 Å². The van der Waals surface area contributed by atoms with Crippen LogP contribution in [0.5, 0.6) is 0 Å².